The number of nitrogens with one attached hydrogen (secondary N) is 1. The fourth-order valence-corrected chi connectivity index (χ4v) is 3.49. The lowest BCUT2D eigenvalue weighted by Gasteiger charge is -2.15. The molecular formula is C27H39NO4. The molecule has 0 aliphatic carbocycles. The van der Waals surface area contributed by atoms with Gasteiger partial charge < -0.3 is 19.5 Å². The number of rotatable bonds is 16. The lowest BCUT2D eigenvalue weighted by atomic mass is 10.1. The van der Waals surface area contributed by atoms with E-state index in [2.05, 4.69) is 12.2 Å². The van der Waals surface area contributed by atoms with Gasteiger partial charge in [-0.25, -0.2) is 4.79 Å². The number of hydrogen-bond acceptors (Lipinski definition) is 5. The van der Waals surface area contributed by atoms with Crippen molar-refractivity contribution in [2.24, 2.45) is 0 Å². The second-order valence-electron chi connectivity index (χ2n) is 7.96. The molecule has 0 amide bonds. The summed E-state index contributed by atoms with van der Waals surface area (Å²) in [4.78, 5) is 12.2. The molecule has 0 unspecified atom stereocenters. The van der Waals surface area contributed by atoms with Gasteiger partial charge in [-0.05, 0) is 49.2 Å². The highest BCUT2D eigenvalue weighted by atomic mass is 16.5. The van der Waals surface area contributed by atoms with Gasteiger partial charge in [0.15, 0.2) is 0 Å². The quantitative estimate of drug-likeness (QED) is 0.224. The van der Waals surface area contributed by atoms with Crippen molar-refractivity contribution < 1.29 is 19.0 Å². The fourth-order valence-electron chi connectivity index (χ4n) is 3.49. The van der Waals surface area contributed by atoms with Crippen LogP contribution in [-0.4, -0.2) is 26.3 Å². The lowest BCUT2D eigenvalue weighted by Crippen LogP contribution is -2.08. The second-order valence-corrected chi connectivity index (χ2v) is 7.96. The summed E-state index contributed by atoms with van der Waals surface area (Å²) in [6, 6.07) is 13.4. The minimum Gasteiger partial charge on any atom is -0.497 e. The predicted molar refractivity (Wildman–Crippen MR) is 131 cm³/mol. The smallest absolute Gasteiger partial charge is 0.338 e. The van der Waals surface area contributed by atoms with Crippen LogP contribution in [0.25, 0.3) is 0 Å². The standard InChI is InChI=1S/C27H39NO4/c1-4-6-7-8-9-10-11-12-19-32-26-20-23(27(29)31-5-2)15-18-25(26)28-21-22-13-16-24(30-3)17-14-22/h13-18,20,28H,4-12,19,21H2,1-3H3. The van der Waals surface area contributed by atoms with Gasteiger partial charge in [-0.2, -0.15) is 0 Å². The molecule has 0 aromatic heterocycles. The van der Waals surface area contributed by atoms with Crippen LogP contribution in [0.3, 0.4) is 0 Å². The molecule has 2 aromatic carbocycles. The lowest BCUT2D eigenvalue weighted by molar-refractivity contribution is 0.0526. The first kappa shape index (κ1) is 25.6. The maximum absolute atomic E-state index is 12.2. The Balaban J connectivity index is 1.91. The van der Waals surface area contributed by atoms with Crippen molar-refractivity contribution in [3.63, 3.8) is 0 Å². The molecule has 0 saturated carbocycles. The Labute approximate surface area is 193 Å². The summed E-state index contributed by atoms with van der Waals surface area (Å²) in [5.41, 5.74) is 2.51. The maximum atomic E-state index is 12.2. The number of carbonyl (C=O) groups is 1. The zero-order valence-electron chi connectivity index (χ0n) is 20.0. The summed E-state index contributed by atoms with van der Waals surface area (Å²) in [6.07, 6.45) is 10.0. The highest BCUT2D eigenvalue weighted by molar-refractivity contribution is 5.90. The summed E-state index contributed by atoms with van der Waals surface area (Å²) < 4.78 is 16.4. The van der Waals surface area contributed by atoms with E-state index in [4.69, 9.17) is 14.2 Å². The van der Waals surface area contributed by atoms with Crippen LogP contribution in [-0.2, 0) is 11.3 Å². The van der Waals surface area contributed by atoms with Crippen molar-refractivity contribution in [1.82, 2.24) is 0 Å². The fraction of sp³-hybridized carbons (Fsp3) is 0.519. The maximum Gasteiger partial charge on any atom is 0.338 e. The molecule has 0 fully saturated rings. The van der Waals surface area contributed by atoms with Gasteiger partial charge in [0.2, 0.25) is 0 Å². The third-order valence-electron chi connectivity index (χ3n) is 5.39. The second kappa shape index (κ2) is 15.2. The summed E-state index contributed by atoms with van der Waals surface area (Å²) in [5, 5.41) is 3.43. The van der Waals surface area contributed by atoms with Gasteiger partial charge in [-0.1, -0.05) is 64.0 Å². The molecule has 0 bridgehead atoms. The monoisotopic (exact) mass is 441 g/mol. The van der Waals surface area contributed by atoms with Crippen LogP contribution in [0.15, 0.2) is 42.5 Å². The van der Waals surface area contributed by atoms with E-state index in [1.807, 2.05) is 37.3 Å². The Hall–Kier alpha value is -2.69. The van der Waals surface area contributed by atoms with Gasteiger partial charge in [-0.3, -0.25) is 0 Å². The van der Waals surface area contributed by atoms with E-state index in [0.29, 0.717) is 31.1 Å². The van der Waals surface area contributed by atoms with Crippen molar-refractivity contribution in [1.29, 1.82) is 0 Å². The number of esters is 1. The average molecular weight is 442 g/mol. The number of hydrogen-bond donors (Lipinski definition) is 1. The van der Waals surface area contributed by atoms with Crippen molar-refractivity contribution in [3.8, 4) is 11.5 Å². The Bertz CT molecular complexity index is 789. The molecule has 32 heavy (non-hydrogen) atoms. The number of benzene rings is 2. The molecule has 2 aromatic rings. The molecule has 0 heterocycles. The molecule has 0 saturated heterocycles. The molecule has 0 spiro atoms. The number of anilines is 1. The van der Waals surface area contributed by atoms with E-state index in [0.717, 1.165) is 29.8 Å². The summed E-state index contributed by atoms with van der Waals surface area (Å²) >= 11 is 0. The van der Waals surface area contributed by atoms with Gasteiger partial charge in [-0.15, -0.1) is 0 Å². The molecule has 0 aliphatic rings. The highest BCUT2D eigenvalue weighted by Gasteiger charge is 2.12. The molecule has 1 N–H and O–H groups in total. The van der Waals surface area contributed by atoms with E-state index < -0.39 is 0 Å². The molecule has 176 valence electrons. The molecule has 5 heteroatoms. The van der Waals surface area contributed by atoms with Gasteiger partial charge in [0.25, 0.3) is 0 Å². The Morgan fingerprint density at radius 2 is 1.56 bits per heavy atom. The van der Waals surface area contributed by atoms with Crippen LogP contribution in [0.2, 0.25) is 0 Å². The van der Waals surface area contributed by atoms with E-state index in [-0.39, 0.29) is 5.97 Å². The van der Waals surface area contributed by atoms with Crippen LogP contribution < -0.4 is 14.8 Å². The minimum absolute atomic E-state index is 0.328. The van der Waals surface area contributed by atoms with Gasteiger partial charge in [0, 0.05) is 6.54 Å². The zero-order valence-corrected chi connectivity index (χ0v) is 20.0. The number of ether oxygens (including phenoxy) is 3. The van der Waals surface area contributed by atoms with Crippen molar-refractivity contribution >= 4 is 11.7 Å². The van der Waals surface area contributed by atoms with Crippen molar-refractivity contribution in [2.75, 3.05) is 25.6 Å². The summed E-state index contributed by atoms with van der Waals surface area (Å²) in [6.45, 7) is 5.69. The van der Waals surface area contributed by atoms with Crippen molar-refractivity contribution in [2.45, 2.75) is 71.8 Å². The van der Waals surface area contributed by atoms with Gasteiger partial charge in [0.1, 0.15) is 11.5 Å². The largest absolute Gasteiger partial charge is 0.497 e. The third kappa shape index (κ3) is 9.21. The first-order chi connectivity index (χ1) is 15.7. The minimum atomic E-state index is -0.328. The van der Waals surface area contributed by atoms with Gasteiger partial charge >= 0.3 is 5.97 Å². The van der Waals surface area contributed by atoms with Gasteiger partial charge in [0.05, 0.1) is 31.6 Å². The Morgan fingerprint density at radius 3 is 2.22 bits per heavy atom. The predicted octanol–water partition coefficient (Wildman–Crippen LogP) is 7.00. The first-order valence-corrected chi connectivity index (χ1v) is 12.0. The number of carbonyl (C=O) groups excluding carboxylic acids is 1. The van der Waals surface area contributed by atoms with Crippen LogP contribution in [0.1, 0.15) is 81.1 Å². The van der Waals surface area contributed by atoms with Crippen LogP contribution in [0.5, 0.6) is 11.5 Å². The molecule has 0 radical (unpaired) electrons. The SMILES string of the molecule is CCCCCCCCCCOc1cc(C(=O)OCC)ccc1NCc1ccc(OC)cc1. The Kier molecular flexibility index (Phi) is 12.1. The molecule has 5 nitrogen and oxygen atoms in total. The Morgan fingerprint density at radius 1 is 0.875 bits per heavy atom. The number of methoxy groups -OCH3 is 1. The van der Waals surface area contributed by atoms with E-state index in [1.54, 1.807) is 19.2 Å². The van der Waals surface area contributed by atoms with E-state index in [9.17, 15) is 4.79 Å². The summed E-state index contributed by atoms with van der Waals surface area (Å²) in [5.74, 6) is 1.19. The zero-order chi connectivity index (χ0) is 23.0. The van der Waals surface area contributed by atoms with Crippen LogP contribution >= 0.6 is 0 Å². The normalized spacial score (nSPS) is 10.6. The van der Waals surface area contributed by atoms with Crippen LogP contribution in [0.4, 0.5) is 5.69 Å². The third-order valence-corrected chi connectivity index (χ3v) is 5.39. The molecular weight excluding hydrogens is 402 g/mol. The van der Waals surface area contributed by atoms with Crippen LogP contribution in [0, 0.1) is 0 Å². The number of unbranched alkanes of at least 4 members (excludes halogenated alkanes) is 7. The van der Waals surface area contributed by atoms with E-state index in [1.165, 1.54) is 38.5 Å². The summed E-state index contributed by atoms with van der Waals surface area (Å²) in [7, 11) is 1.66. The molecule has 0 aliphatic heterocycles. The van der Waals surface area contributed by atoms with E-state index >= 15 is 0 Å². The topological polar surface area (TPSA) is 56.8 Å². The van der Waals surface area contributed by atoms with Crippen molar-refractivity contribution in [3.05, 3.63) is 53.6 Å². The highest BCUT2D eigenvalue weighted by Crippen LogP contribution is 2.28. The molecule has 0 atom stereocenters. The molecule has 2 rings (SSSR count). The average Bonchev–Trinajstić information content (AvgIpc) is 2.82. The first-order valence-electron chi connectivity index (χ1n) is 12.0.